The molecule has 3 aromatic rings. The largest absolute Gasteiger partial charge is 0.390 e. The lowest BCUT2D eigenvalue weighted by molar-refractivity contribution is 0.0950. The summed E-state index contributed by atoms with van der Waals surface area (Å²) in [5.74, 6) is -0.729. The molecule has 33 heavy (non-hydrogen) atoms. The molecule has 178 valence electrons. The van der Waals surface area contributed by atoms with Gasteiger partial charge in [0.15, 0.2) is 5.82 Å². The minimum Gasteiger partial charge on any atom is -0.390 e. The van der Waals surface area contributed by atoms with Gasteiger partial charge in [-0.2, -0.15) is 4.31 Å². The van der Waals surface area contributed by atoms with E-state index >= 15 is 0 Å². The van der Waals surface area contributed by atoms with Crippen molar-refractivity contribution in [1.29, 1.82) is 0 Å². The standard InChI is InChI=1S/C21H26F2N6O3S/c1-11(2)29-12(3)25-17-8-14(22)13(7-18(17)29)20-15(23)9-24-21(27-20)26-16-5-6-28(10-19(16)30)33(4,31)32/h7-9,11,16,19,30H,5-6,10H2,1-4H3,(H,24,26,27)/t16-,19-/m1/s1. The van der Waals surface area contributed by atoms with Crippen molar-refractivity contribution in [3.63, 3.8) is 0 Å². The third-order valence-corrected chi connectivity index (χ3v) is 7.07. The van der Waals surface area contributed by atoms with Gasteiger partial charge in [0.1, 0.15) is 17.3 Å². The number of benzene rings is 1. The summed E-state index contributed by atoms with van der Waals surface area (Å²) in [6.45, 7) is 5.92. The summed E-state index contributed by atoms with van der Waals surface area (Å²) < 4.78 is 56.2. The Morgan fingerprint density at radius 2 is 1.94 bits per heavy atom. The Morgan fingerprint density at radius 3 is 2.58 bits per heavy atom. The molecule has 2 atom stereocenters. The first kappa shape index (κ1) is 23.5. The Labute approximate surface area is 190 Å². The van der Waals surface area contributed by atoms with Gasteiger partial charge in [-0.3, -0.25) is 0 Å². The number of fused-ring (bicyclic) bond motifs is 1. The SMILES string of the molecule is Cc1nc2cc(F)c(-c3nc(N[C@@H]4CCN(S(C)(=O)=O)C[C@H]4O)ncc3F)cc2n1C(C)C. The van der Waals surface area contributed by atoms with Crippen LogP contribution in [-0.4, -0.2) is 68.8 Å². The lowest BCUT2D eigenvalue weighted by atomic mass is 10.0. The highest BCUT2D eigenvalue weighted by Crippen LogP contribution is 2.31. The molecule has 12 heteroatoms. The van der Waals surface area contributed by atoms with Crippen LogP contribution in [0.15, 0.2) is 18.3 Å². The van der Waals surface area contributed by atoms with Gasteiger partial charge in [0.25, 0.3) is 0 Å². The van der Waals surface area contributed by atoms with Gasteiger partial charge in [0, 0.05) is 30.8 Å². The highest BCUT2D eigenvalue weighted by Gasteiger charge is 2.32. The predicted molar refractivity (Wildman–Crippen MR) is 120 cm³/mol. The van der Waals surface area contributed by atoms with Crippen LogP contribution < -0.4 is 5.32 Å². The van der Waals surface area contributed by atoms with Crippen molar-refractivity contribution in [2.24, 2.45) is 0 Å². The number of hydrogen-bond acceptors (Lipinski definition) is 7. The Kier molecular flexibility index (Phi) is 6.10. The van der Waals surface area contributed by atoms with Crippen molar-refractivity contribution in [2.45, 2.75) is 45.4 Å². The molecule has 0 amide bonds. The fraction of sp³-hybridized carbons (Fsp3) is 0.476. The van der Waals surface area contributed by atoms with E-state index in [-0.39, 0.29) is 36.3 Å². The Bertz CT molecular complexity index is 1310. The van der Waals surface area contributed by atoms with Gasteiger partial charge in [-0.05, 0) is 33.3 Å². The quantitative estimate of drug-likeness (QED) is 0.577. The smallest absolute Gasteiger partial charge is 0.223 e. The zero-order valence-electron chi connectivity index (χ0n) is 18.7. The van der Waals surface area contributed by atoms with Crippen molar-refractivity contribution in [2.75, 3.05) is 24.7 Å². The monoisotopic (exact) mass is 480 g/mol. The Morgan fingerprint density at radius 1 is 1.21 bits per heavy atom. The number of aryl methyl sites for hydroxylation is 1. The second-order valence-corrected chi connectivity index (χ2v) is 10.5. The number of anilines is 1. The number of aliphatic hydroxyl groups is 1. The van der Waals surface area contributed by atoms with Crippen LogP contribution in [0, 0.1) is 18.6 Å². The van der Waals surface area contributed by atoms with E-state index in [4.69, 9.17) is 0 Å². The molecule has 2 N–H and O–H groups in total. The Hall–Kier alpha value is -2.70. The van der Waals surface area contributed by atoms with Gasteiger partial charge in [0.05, 0.1) is 35.6 Å². The second kappa shape index (κ2) is 8.58. The van der Waals surface area contributed by atoms with E-state index in [1.54, 1.807) is 0 Å². The topological polar surface area (TPSA) is 113 Å². The molecule has 2 aromatic heterocycles. The highest BCUT2D eigenvalue weighted by atomic mass is 32.2. The van der Waals surface area contributed by atoms with E-state index in [1.165, 1.54) is 16.4 Å². The first-order valence-corrected chi connectivity index (χ1v) is 12.4. The van der Waals surface area contributed by atoms with E-state index in [0.29, 0.717) is 17.5 Å². The van der Waals surface area contributed by atoms with Crippen molar-refractivity contribution in [3.05, 3.63) is 35.8 Å². The molecule has 0 saturated carbocycles. The van der Waals surface area contributed by atoms with E-state index in [0.717, 1.165) is 18.3 Å². The first-order valence-electron chi connectivity index (χ1n) is 10.6. The first-order chi connectivity index (χ1) is 15.5. The number of piperidine rings is 1. The lowest BCUT2D eigenvalue weighted by Crippen LogP contribution is -2.51. The van der Waals surface area contributed by atoms with Crippen LogP contribution in [0.1, 0.15) is 32.1 Å². The van der Waals surface area contributed by atoms with Crippen molar-refractivity contribution < 1.29 is 22.3 Å². The summed E-state index contributed by atoms with van der Waals surface area (Å²) >= 11 is 0. The summed E-state index contributed by atoms with van der Waals surface area (Å²) in [7, 11) is -3.42. The van der Waals surface area contributed by atoms with Gasteiger partial charge >= 0.3 is 0 Å². The fourth-order valence-corrected chi connectivity index (χ4v) is 5.09. The number of halogens is 2. The van der Waals surface area contributed by atoms with E-state index in [2.05, 4.69) is 20.3 Å². The lowest BCUT2D eigenvalue weighted by Gasteiger charge is -2.34. The number of nitrogens with zero attached hydrogens (tertiary/aromatic N) is 5. The molecule has 4 rings (SSSR count). The molecule has 1 saturated heterocycles. The molecule has 0 unspecified atom stereocenters. The van der Waals surface area contributed by atoms with Crippen molar-refractivity contribution in [1.82, 2.24) is 23.8 Å². The number of imidazole rings is 1. The summed E-state index contributed by atoms with van der Waals surface area (Å²) in [6, 6.07) is 2.31. The van der Waals surface area contributed by atoms with Crippen LogP contribution in [0.3, 0.4) is 0 Å². The van der Waals surface area contributed by atoms with Gasteiger partial charge in [-0.15, -0.1) is 0 Å². The van der Waals surface area contributed by atoms with E-state index in [1.807, 2.05) is 25.3 Å². The third-order valence-electron chi connectivity index (χ3n) is 5.80. The molecule has 1 fully saturated rings. The van der Waals surface area contributed by atoms with E-state index < -0.39 is 33.8 Å². The van der Waals surface area contributed by atoms with Crippen LogP contribution >= 0.6 is 0 Å². The molecule has 9 nitrogen and oxygen atoms in total. The number of aliphatic hydroxyl groups excluding tert-OH is 1. The number of nitrogens with one attached hydrogen (secondary N) is 1. The summed E-state index contributed by atoms with van der Waals surface area (Å²) in [5.41, 5.74) is 0.884. The molecule has 0 aliphatic carbocycles. The molecule has 0 radical (unpaired) electrons. The van der Waals surface area contributed by atoms with Gasteiger partial charge in [0.2, 0.25) is 16.0 Å². The summed E-state index contributed by atoms with van der Waals surface area (Å²) in [4.78, 5) is 12.5. The molecule has 1 aliphatic rings. The fourth-order valence-electron chi connectivity index (χ4n) is 4.23. The molecule has 1 aliphatic heterocycles. The molecule has 0 bridgehead atoms. The minimum atomic E-state index is -3.42. The number of β-amino-alcohol motifs (C(OH)–C–C–N with tert-alkyl or cyclic N) is 1. The number of sulfonamides is 1. The van der Waals surface area contributed by atoms with Crippen LogP contribution in [0.25, 0.3) is 22.3 Å². The summed E-state index contributed by atoms with van der Waals surface area (Å²) in [6.07, 6.45) is 1.32. The second-order valence-electron chi connectivity index (χ2n) is 8.56. The Balaban J connectivity index is 1.66. The summed E-state index contributed by atoms with van der Waals surface area (Å²) in [5, 5.41) is 13.3. The van der Waals surface area contributed by atoms with Crippen LogP contribution in [-0.2, 0) is 10.0 Å². The predicted octanol–water partition coefficient (Wildman–Crippen LogP) is 2.47. The number of aromatic nitrogens is 4. The third kappa shape index (κ3) is 4.55. The molecular formula is C21H26F2N6O3S. The normalized spacial score (nSPS) is 20.0. The maximum atomic E-state index is 14.9. The minimum absolute atomic E-state index is 0.0105. The molecule has 0 spiro atoms. The van der Waals surface area contributed by atoms with Crippen molar-refractivity contribution in [3.8, 4) is 11.3 Å². The van der Waals surface area contributed by atoms with Gasteiger partial charge < -0.3 is 15.0 Å². The number of rotatable bonds is 5. The molecular weight excluding hydrogens is 454 g/mol. The van der Waals surface area contributed by atoms with Gasteiger partial charge in [-0.25, -0.2) is 32.2 Å². The van der Waals surface area contributed by atoms with Gasteiger partial charge in [-0.1, -0.05) is 0 Å². The zero-order chi connectivity index (χ0) is 24.1. The average Bonchev–Trinajstić information content (AvgIpc) is 3.04. The maximum Gasteiger partial charge on any atom is 0.223 e. The molecule has 3 heterocycles. The van der Waals surface area contributed by atoms with Crippen molar-refractivity contribution >= 4 is 27.0 Å². The zero-order valence-corrected chi connectivity index (χ0v) is 19.6. The number of hydrogen-bond donors (Lipinski definition) is 2. The maximum absolute atomic E-state index is 14.9. The van der Waals surface area contributed by atoms with Crippen LogP contribution in [0.2, 0.25) is 0 Å². The highest BCUT2D eigenvalue weighted by molar-refractivity contribution is 7.88. The molecule has 1 aromatic carbocycles. The van der Waals surface area contributed by atoms with E-state index in [9.17, 15) is 22.3 Å². The average molecular weight is 481 g/mol. The van der Waals surface area contributed by atoms with Crippen LogP contribution in [0.4, 0.5) is 14.7 Å². The van der Waals surface area contributed by atoms with Crippen LogP contribution in [0.5, 0.6) is 0 Å².